The van der Waals surface area contributed by atoms with Gasteiger partial charge < -0.3 is 15.4 Å². The maximum atomic E-state index is 6.42. The Morgan fingerprint density at radius 2 is 2.22 bits per heavy atom. The second kappa shape index (κ2) is 5.91. The molecule has 2 rings (SSSR count). The van der Waals surface area contributed by atoms with Crippen molar-refractivity contribution >= 4 is 17.3 Å². The summed E-state index contributed by atoms with van der Waals surface area (Å²) in [5.41, 5.74) is 9.25. The molecule has 0 aliphatic carbocycles. The number of hydrogen-bond donors (Lipinski definition) is 1. The average molecular weight is 269 g/mol. The largest absolute Gasteiger partial charge is 0.377 e. The SMILES string of the molecule is Cc1cc(C)c(N2CCOCC2CCN)c(Cl)c1. The summed E-state index contributed by atoms with van der Waals surface area (Å²) in [6.45, 7) is 7.23. The highest BCUT2D eigenvalue weighted by atomic mass is 35.5. The molecule has 4 heteroatoms. The Bertz CT molecular complexity index is 397. The molecule has 1 heterocycles. The van der Waals surface area contributed by atoms with E-state index < -0.39 is 0 Å². The Morgan fingerprint density at radius 1 is 1.44 bits per heavy atom. The second-order valence-corrected chi connectivity index (χ2v) is 5.32. The van der Waals surface area contributed by atoms with Crippen LogP contribution in [0.25, 0.3) is 0 Å². The third kappa shape index (κ3) is 2.79. The van der Waals surface area contributed by atoms with Crippen LogP contribution in [0.4, 0.5) is 5.69 Å². The van der Waals surface area contributed by atoms with Crippen LogP contribution in [0.5, 0.6) is 0 Å². The highest BCUT2D eigenvalue weighted by molar-refractivity contribution is 6.33. The van der Waals surface area contributed by atoms with Crippen molar-refractivity contribution in [3.8, 4) is 0 Å². The van der Waals surface area contributed by atoms with Gasteiger partial charge in [-0.25, -0.2) is 0 Å². The number of ether oxygens (including phenoxy) is 1. The van der Waals surface area contributed by atoms with Crippen LogP contribution in [0, 0.1) is 13.8 Å². The predicted octanol–water partition coefficient (Wildman–Crippen LogP) is 2.51. The standard InChI is InChI=1S/C14H21ClN2O/c1-10-7-11(2)14(13(15)8-10)17-5-6-18-9-12(17)3-4-16/h7-8,12H,3-6,9,16H2,1-2H3. The highest BCUT2D eigenvalue weighted by Gasteiger charge is 2.25. The maximum Gasteiger partial charge on any atom is 0.0671 e. The third-order valence-electron chi connectivity index (χ3n) is 3.41. The van der Waals surface area contributed by atoms with Crippen molar-refractivity contribution in [2.24, 2.45) is 5.73 Å². The smallest absolute Gasteiger partial charge is 0.0671 e. The molecule has 1 unspecified atom stereocenters. The van der Waals surface area contributed by atoms with Crippen LogP contribution in [0.3, 0.4) is 0 Å². The van der Waals surface area contributed by atoms with Gasteiger partial charge in [-0.05, 0) is 44.0 Å². The molecule has 0 aromatic heterocycles. The number of hydrogen-bond acceptors (Lipinski definition) is 3. The molecular weight excluding hydrogens is 248 g/mol. The van der Waals surface area contributed by atoms with Crippen molar-refractivity contribution in [3.05, 3.63) is 28.3 Å². The van der Waals surface area contributed by atoms with Gasteiger partial charge in [0.05, 0.1) is 30.0 Å². The van der Waals surface area contributed by atoms with Crippen LogP contribution < -0.4 is 10.6 Å². The maximum absolute atomic E-state index is 6.42. The zero-order valence-electron chi connectivity index (χ0n) is 11.1. The van der Waals surface area contributed by atoms with E-state index in [-0.39, 0.29) is 0 Å². The lowest BCUT2D eigenvalue weighted by Crippen LogP contribution is -2.47. The molecule has 0 spiro atoms. The topological polar surface area (TPSA) is 38.5 Å². The summed E-state index contributed by atoms with van der Waals surface area (Å²) in [6, 6.07) is 4.54. The predicted molar refractivity (Wildman–Crippen MR) is 76.6 cm³/mol. The number of nitrogens with two attached hydrogens (primary N) is 1. The number of anilines is 1. The average Bonchev–Trinajstić information content (AvgIpc) is 2.30. The van der Waals surface area contributed by atoms with Crippen molar-refractivity contribution in [3.63, 3.8) is 0 Å². The van der Waals surface area contributed by atoms with Crippen LogP contribution in [0.2, 0.25) is 5.02 Å². The number of rotatable bonds is 3. The Hall–Kier alpha value is -0.770. The summed E-state index contributed by atoms with van der Waals surface area (Å²) in [4.78, 5) is 2.35. The van der Waals surface area contributed by atoms with Crippen molar-refractivity contribution < 1.29 is 4.74 Å². The zero-order chi connectivity index (χ0) is 13.1. The van der Waals surface area contributed by atoms with Crippen molar-refractivity contribution in [2.45, 2.75) is 26.3 Å². The van der Waals surface area contributed by atoms with Gasteiger partial charge in [0.15, 0.2) is 0 Å². The first-order chi connectivity index (χ1) is 8.63. The molecule has 2 N–H and O–H groups in total. The molecule has 1 aliphatic rings. The van der Waals surface area contributed by atoms with Crippen molar-refractivity contribution in [1.82, 2.24) is 0 Å². The monoisotopic (exact) mass is 268 g/mol. The van der Waals surface area contributed by atoms with Gasteiger partial charge >= 0.3 is 0 Å². The Kier molecular flexibility index (Phi) is 4.49. The number of benzene rings is 1. The van der Waals surface area contributed by atoms with Gasteiger partial charge in [0.1, 0.15) is 0 Å². The Balaban J connectivity index is 2.33. The summed E-state index contributed by atoms with van der Waals surface area (Å²) >= 11 is 6.42. The van der Waals surface area contributed by atoms with Crippen molar-refractivity contribution in [2.75, 3.05) is 31.2 Å². The molecule has 0 amide bonds. The molecule has 1 saturated heterocycles. The molecule has 0 radical (unpaired) electrons. The molecule has 1 aromatic rings. The van der Waals surface area contributed by atoms with E-state index in [1.165, 1.54) is 11.1 Å². The molecule has 0 saturated carbocycles. The highest BCUT2D eigenvalue weighted by Crippen LogP contribution is 2.33. The van der Waals surface area contributed by atoms with Gasteiger partial charge in [-0.3, -0.25) is 0 Å². The fraction of sp³-hybridized carbons (Fsp3) is 0.571. The van der Waals surface area contributed by atoms with Crippen LogP contribution >= 0.6 is 11.6 Å². The first-order valence-corrected chi connectivity index (χ1v) is 6.82. The Morgan fingerprint density at radius 3 is 2.89 bits per heavy atom. The van der Waals surface area contributed by atoms with E-state index in [4.69, 9.17) is 22.1 Å². The molecule has 1 aliphatic heterocycles. The first-order valence-electron chi connectivity index (χ1n) is 6.44. The van der Waals surface area contributed by atoms with Gasteiger partial charge in [-0.2, -0.15) is 0 Å². The van der Waals surface area contributed by atoms with E-state index in [0.29, 0.717) is 12.6 Å². The normalized spacial score (nSPS) is 20.2. The molecule has 1 fully saturated rings. The van der Waals surface area contributed by atoms with E-state index >= 15 is 0 Å². The molecule has 18 heavy (non-hydrogen) atoms. The minimum Gasteiger partial charge on any atom is -0.377 e. The zero-order valence-corrected chi connectivity index (χ0v) is 11.8. The minimum atomic E-state index is 0.336. The molecule has 0 bridgehead atoms. The summed E-state index contributed by atoms with van der Waals surface area (Å²) in [5, 5.41) is 0.830. The van der Waals surface area contributed by atoms with E-state index in [1.54, 1.807) is 0 Å². The van der Waals surface area contributed by atoms with E-state index in [1.807, 2.05) is 6.07 Å². The lowest BCUT2D eigenvalue weighted by atomic mass is 10.1. The third-order valence-corrected chi connectivity index (χ3v) is 3.70. The van der Waals surface area contributed by atoms with Gasteiger partial charge in [-0.1, -0.05) is 17.7 Å². The summed E-state index contributed by atoms with van der Waals surface area (Å²) in [6.07, 6.45) is 0.934. The van der Waals surface area contributed by atoms with Crippen LogP contribution in [-0.4, -0.2) is 32.3 Å². The summed E-state index contributed by atoms with van der Waals surface area (Å²) in [5.74, 6) is 0. The van der Waals surface area contributed by atoms with E-state index in [2.05, 4.69) is 24.8 Å². The number of nitrogens with zero attached hydrogens (tertiary/aromatic N) is 1. The van der Waals surface area contributed by atoms with Gasteiger partial charge in [0.25, 0.3) is 0 Å². The number of aryl methyl sites for hydroxylation is 2. The molecule has 3 nitrogen and oxygen atoms in total. The fourth-order valence-corrected chi connectivity index (χ4v) is 3.08. The van der Waals surface area contributed by atoms with Gasteiger partial charge in [0, 0.05) is 6.54 Å². The molecule has 100 valence electrons. The first kappa shape index (κ1) is 13.7. The van der Waals surface area contributed by atoms with Gasteiger partial charge in [0.2, 0.25) is 0 Å². The Labute approximate surface area is 114 Å². The molecule has 1 aromatic carbocycles. The van der Waals surface area contributed by atoms with Crippen molar-refractivity contribution in [1.29, 1.82) is 0 Å². The van der Waals surface area contributed by atoms with Gasteiger partial charge in [-0.15, -0.1) is 0 Å². The van der Waals surface area contributed by atoms with Crippen LogP contribution in [0.15, 0.2) is 12.1 Å². The number of halogens is 1. The lowest BCUT2D eigenvalue weighted by Gasteiger charge is -2.38. The molecule has 1 atom stereocenters. The fourth-order valence-electron chi connectivity index (χ4n) is 2.65. The molecular formula is C14H21ClN2O. The van der Waals surface area contributed by atoms with E-state index in [0.717, 1.165) is 36.9 Å². The quantitative estimate of drug-likeness (QED) is 0.916. The van der Waals surface area contributed by atoms with E-state index in [9.17, 15) is 0 Å². The summed E-state index contributed by atoms with van der Waals surface area (Å²) in [7, 11) is 0. The number of morpholine rings is 1. The summed E-state index contributed by atoms with van der Waals surface area (Å²) < 4.78 is 5.55. The van der Waals surface area contributed by atoms with Crippen LogP contribution in [0.1, 0.15) is 17.5 Å². The second-order valence-electron chi connectivity index (χ2n) is 4.91. The lowest BCUT2D eigenvalue weighted by molar-refractivity contribution is 0.0922. The van der Waals surface area contributed by atoms with Crippen LogP contribution in [-0.2, 0) is 4.74 Å². The minimum absolute atomic E-state index is 0.336.